The Bertz CT molecular complexity index is 801. The normalized spacial score (nSPS) is 15.8. The summed E-state index contributed by atoms with van der Waals surface area (Å²) in [6, 6.07) is -5.14. The minimum absolute atomic E-state index is 0.0558. The zero-order chi connectivity index (χ0) is 28.0. The van der Waals surface area contributed by atoms with Gasteiger partial charge in [-0.25, -0.2) is 4.79 Å². The SMILES string of the molecule is CCC(C)C(NC(=O)C(CCCN=C(N)N)NC(=O)C(N)CCC(=O)O)C(=O)NC(C(=O)O)C(C)O. The van der Waals surface area contributed by atoms with Gasteiger partial charge in [0.05, 0.1) is 12.1 Å². The molecule has 0 heterocycles. The number of nitrogens with one attached hydrogen (secondary N) is 3. The van der Waals surface area contributed by atoms with Crippen molar-refractivity contribution in [3.63, 3.8) is 0 Å². The van der Waals surface area contributed by atoms with Crippen LogP contribution in [0.5, 0.6) is 0 Å². The van der Waals surface area contributed by atoms with Crippen LogP contribution in [0.3, 0.4) is 0 Å². The fraction of sp³-hybridized carbons (Fsp3) is 0.714. The molecule has 6 unspecified atom stereocenters. The smallest absolute Gasteiger partial charge is 0.328 e. The van der Waals surface area contributed by atoms with Crippen LogP contribution in [0.2, 0.25) is 0 Å². The molecule has 36 heavy (non-hydrogen) atoms. The second-order valence-electron chi connectivity index (χ2n) is 8.49. The average molecular weight is 518 g/mol. The third-order valence-electron chi connectivity index (χ3n) is 5.42. The average Bonchev–Trinajstić information content (AvgIpc) is 2.79. The molecule has 0 rings (SSSR count). The molecule has 0 aromatic rings. The van der Waals surface area contributed by atoms with Crippen molar-refractivity contribution < 1.29 is 39.3 Å². The number of hydrogen-bond acceptors (Lipinski definition) is 8. The Kier molecular flexibility index (Phi) is 14.7. The van der Waals surface area contributed by atoms with Gasteiger partial charge in [-0.05, 0) is 32.1 Å². The van der Waals surface area contributed by atoms with Gasteiger partial charge in [0, 0.05) is 13.0 Å². The van der Waals surface area contributed by atoms with Crippen LogP contribution < -0.4 is 33.2 Å². The summed E-state index contributed by atoms with van der Waals surface area (Å²) in [6.45, 7) is 4.77. The number of nitrogens with two attached hydrogens (primary N) is 3. The molecule has 0 fully saturated rings. The molecule has 0 aromatic carbocycles. The first-order chi connectivity index (χ1) is 16.7. The zero-order valence-corrected chi connectivity index (χ0v) is 20.8. The van der Waals surface area contributed by atoms with E-state index >= 15 is 0 Å². The Morgan fingerprint density at radius 2 is 1.47 bits per heavy atom. The van der Waals surface area contributed by atoms with Gasteiger partial charge < -0.3 is 48.5 Å². The molecule has 0 aromatic heterocycles. The van der Waals surface area contributed by atoms with Crippen LogP contribution in [0, 0.1) is 5.92 Å². The zero-order valence-electron chi connectivity index (χ0n) is 20.8. The fourth-order valence-electron chi connectivity index (χ4n) is 3.05. The quantitative estimate of drug-likeness (QED) is 0.0539. The summed E-state index contributed by atoms with van der Waals surface area (Å²) in [5.74, 6) is -5.51. The van der Waals surface area contributed by atoms with Gasteiger partial charge in [-0.2, -0.15) is 0 Å². The molecular formula is C21H39N7O8. The number of nitrogens with zero attached hydrogens (tertiary/aromatic N) is 1. The van der Waals surface area contributed by atoms with E-state index in [0.29, 0.717) is 6.42 Å². The Balaban J connectivity index is 5.65. The molecule has 0 aliphatic rings. The summed E-state index contributed by atoms with van der Waals surface area (Å²) >= 11 is 0. The minimum atomic E-state index is -1.59. The number of aliphatic imine (C=N–C) groups is 1. The highest BCUT2D eigenvalue weighted by Gasteiger charge is 2.34. The Morgan fingerprint density at radius 3 is 1.94 bits per heavy atom. The maximum Gasteiger partial charge on any atom is 0.328 e. The highest BCUT2D eigenvalue weighted by Crippen LogP contribution is 2.11. The predicted molar refractivity (Wildman–Crippen MR) is 129 cm³/mol. The highest BCUT2D eigenvalue weighted by molar-refractivity contribution is 5.94. The summed E-state index contributed by atoms with van der Waals surface area (Å²) in [5.41, 5.74) is 16.3. The number of carbonyl (C=O) groups is 5. The van der Waals surface area contributed by atoms with Gasteiger partial charge in [0.15, 0.2) is 12.0 Å². The summed E-state index contributed by atoms with van der Waals surface area (Å²) in [6.07, 6.45) is -1.14. The van der Waals surface area contributed by atoms with E-state index in [-0.39, 0.29) is 38.2 Å². The van der Waals surface area contributed by atoms with Crippen molar-refractivity contribution in [3.8, 4) is 0 Å². The summed E-state index contributed by atoms with van der Waals surface area (Å²) in [7, 11) is 0. The van der Waals surface area contributed by atoms with Gasteiger partial charge in [0.2, 0.25) is 17.7 Å². The number of amides is 3. The first kappa shape index (κ1) is 32.5. The topological polar surface area (TPSA) is 273 Å². The molecule has 0 saturated heterocycles. The molecule has 0 aliphatic heterocycles. The van der Waals surface area contributed by atoms with Crippen molar-refractivity contribution in [1.29, 1.82) is 0 Å². The molecule has 0 saturated carbocycles. The number of aliphatic carboxylic acids is 2. The van der Waals surface area contributed by atoms with Crippen molar-refractivity contribution in [2.45, 2.75) is 83.1 Å². The van der Waals surface area contributed by atoms with Crippen molar-refractivity contribution in [2.24, 2.45) is 28.1 Å². The standard InChI is InChI=1S/C21H39N7O8/c1-4-10(2)15(19(34)28-16(11(3)29)20(35)36)27-18(33)13(6-5-9-25-21(23)24)26-17(32)12(22)7-8-14(30)31/h10-13,15-16,29H,4-9,22H2,1-3H3,(H,26,32)(H,27,33)(H,28,34)(H,30,31)(H,35,36)(H4,23,24,25). The lowest BCUT2D eigenvalue weighted by atomic mass is 9.96. The largest absolute Gasteiger partial charge is 0.481 e. The summed E-state index contributed by atoms with van der Waals surface area (Å²) in [4.78, 5) is 64.3. The predicted octanol–water partition coefficient (Wildman–Crippen LogP) is -2.80. The van der Waals surface area contributed by atoms with E-state index in [1.54, 1.807) is 13.8 Å². The molecule has 15 nitrogen and oxygen atoms in total. The van der Waals surface area contributed by atoms with Crippen LogP contribution in [0.25, 0.3) is 0 Å². The maximum atomic E-state index is 13.1. The first-order valence-electron chi connectivity index (χ1n) is 11.6. The monoisotopic (exact) mass is 517 g/mol. The number of aliphatic hydroxyl groups is 1. The number of carboxylic acids is 2. The van der Waals surface area contributed by atoms with Crippen LogP contribution in [0.4, 0.5) is 0 Å². The van der Waals surface area contributed by atoms with Crippen molar-refractivity contribution in [1.82, 2.24) is 16.0 Å². The van der Waals surface area contributed by atoms with E-state index in [4.69, 9.17) is 22.3 Å². The number of aliphatic hydroxyl groups excluding tert-OH is 1. The van der Waals surface area contributed by atoms with E-state index < -0.39 is 65.8 Å². The molecule has 0 aliphatic carbocycles. The lowest BCUT2D eigenvalue weighted by Gasteiger charge is -2.28. The van der Waals surface area contributed by atoms with Gasteiger partial charge in [-0.15, -0.1) is 0 Å². The van der Waals surface area contributed by atoms with E-state index in [9.17, 15) is 34.2 Å². The van der Waals surface area contributed by atoms with Gasteiger partial charge in [-0.3, -0.25) is 24.2 Å². The maximum absolute atomic E-state index is 13.1. The van der Waals surface area contributed by atoms with Gasteiger partial charge in [0.1, 0.15) is 12.1 Å². The number of rotatable bonds is 17. The van der Waals surface area contributed by atoms with Crippen LogP contribution in [-0.2, 0) is 24.0 Å². The third kappa shape index (κ3) is 12.3. The van der Waals surface area contributed by atoms with E-state index in [1.807, 2.05) is 0 Å². The number of hydrogen-bond donors (Lipinski definition) is 9. The Hall–Kier alpha value is -3.46. The molecule has 3 amide bonds. The lowest BCUT2D eigenvalue weighted by Crippen LogP contribution is -2.59. The third-order valence-corrected chi connectivity index (χ3v) is 5.42. The number of carbonyl (C=O) groups excluding carboxylic acids is 3. The molecule has 206 valence electrons. The summed E-state index contributed by atoms with van der Waals surface area (Å²) in [5, 5.41) is 34.9. The van der Waals surface area contributed by atoms with Crippen LogP contribution in [0.1, 0.15) is 52.9 Å². The van der Waals surface area contributed by atoms with Crippen LogP contribution >= 0.6 is 0 Å². The van der Waals surface area contributed by atoms with Crippen LogP contribution in [0.15, 0.2) is 4.99 Å². The molecule has 0 bridgehead atoms. The highest BCUT2D eigenvalue weighted by atomic mass is 16.4. The van der Waals surface area contributed by atoms with Gasteiger partial charge in [-0.1, -0.05) is 20.3 Å². The second-order valence-corrected chi connectivity index (χ2v) is 8.49. The summed E-state index contributed by atoms with van der Waals surface area (Å²) < 4.78 is 0. The van der Waals surface area contributed by atoms with Crippen molar-refractivity contribution >= 4 is 35.6 Å². The van der Waals surface area contributed by atoms with E-state index in [1.165, 1.54) is 6.92 Å². The Morgan fingerprint density at radius 1 is 0.889 bits per heavy atom. The van der Waals surface area contributed by atoms with E-state index in [0.717, 1.165) is 0 Å². The molecule has 0 spiro atoms. The molecule has 12 N–H and O–H groups in total. The molecular weight excluding hydrogens is 478 g/mol. The van der Waals surface area contributed by atoms with E-state index in [2.05, 4.69) is 20.9 Å². The lowest BCUT2D eigenvalue weighted by molar-refractivity contribution is -0.145. The fourth-order valence-corrected chi connectivity index (χ4v) is 3.05. The molecule has 6 atom stereocenters. The van der Waals surface area contributed by atoms with Crippen molar-refractivity contribution in [2.75, 3.05) is 6.54 Å². The van der Waals surface area contributed by atoms with Crippen molar-refractivity contribution in [3.05, 3.63) is 0 Å². The first-order valence-corrected chi connectivity index (χ1v) is 11.6. The molecule has 0 radical (unpaired) electrons. The molecule has 15 heteroatoms. The number of carboxylic acid groups (broad SMARTS) is 2. The van der Waals surface area contributed by atoms with Gasteiger partial charge in [0.25, 0.3) is 0 Å². The second kappa shape index (κ2) is 16.3. The minimum Gasteiger partial charge on any atom is -0.481 e. The Labute approximate surface area is 209 Å². The van der Waals surface area contributed by atoms with Gasteiger partial charge >= 0.3 is 11.9 Å². The van der Waals surface area contributed by atoms with Crippen LogP contribution in [-0.4, -0.2) is 87.8 Å². The number of guanidine groups is 1.